The molecule has 2 aromatic carbocycles. The van der Waals surface area contributed by atoms with Crippen LogP contribution in [0.2, 0.25) is 15.1 Å². The highest BCUT2D eigenvalue weighted by atomic mass is 35.5. The molecule has 0 atom stereocenters. The van der Waals surface area contributed by atoms with Crippen molar-refractivity contribution in [2.24, 2.45) is 5.10 Å². The summed E-state index contributed by atoms with van der Waals surface area (Å²) in [6.07, 6.45) is 1.84. The van der Waals surface area contributed by atoms with Gasteiger partial charge in [-0.15, -0.1) is 0 Å². The average molecular weight is 536 g/mol. The monoisotopic (exact) mass is 534 g/mol. The smallest absolute Gasteiger partial charge is 0.291 e. The number of nitro groups is 1. The highest BCUT2D eigenvalue weighted by Gasteiger charge is 2.28. The predicted octanol–water partition coefficient (Wildman–Crippen LogP) is 6.18. The fraction of sp³-hybridized carbons (Fsp3) is 0.174. The van der Waals surface area contributed by atoms with Gasteiger partial charge < -0.3 is 9.73 Å². The van der Waals surface area contributed by atoms with Crippen LogP contribution in [0.4, 0.5) is 11.4 Å². The zero-order chi connectivity index (χ0) is 25.3. The van der Waals surface area contributed by atoms with Crippen LogP contribution in [-0.4, -0.2) is 22.4 Å². The Labute approximate surface area is 214 Å². The standard InChI is InChI=1S/C23H17Cl3N4O5/c1-11-20-17(28-29-22(31)12-5-6-16(26)18(7-12)30(33)34)3-2-4-19(20)35-21(11)23(32)27-15-9-13(24)8-14(25)10-15/h5-10H,2-4H2,1H3,(H,27,32)(H,29,31)/b28-17+. The molecule has 9 nitrogen and oxygen atoms in total. The van der Waals surface area contributed by atoms with Gasteiger partial charge in [-0.3, -0.25) is 19.7 Å². The first kappa shape index (κ1) is 24.7. The predicted molar refractivity (Wildman–Crippen MR) is 133 cm³/mol. The highest BCUT2D eigenvalue weighted by molar-refractivity contribution is 6.35. The zero-order valence-corrected chi connectivity index (χ0v) is 20.4. The number of nitrogens with one attached hydrogen (secondary N) is 2. The van der Waals surface area contributed by atoms with Crippen LogP contribution in [0.5, 0.6) is 0 Å². The second-order valence-electron chi connectivity index (χ2n) is 7.74. The lowest BCUT2D eigenvalue weighted by molar-refractivity contribution is -0.384. The number of furan rings is 1. The largest absolute Gasteiger partial charge is 0.455 e. The molecular formula is C23H17Cl3N4O5. The van der Waals surface area contributed by atoms with Crippen LogP contribution in [0, 0.1) is 17.0 Å². The highest BCUT2D eigenvalue weighted by Crippen LogP contribution is 2.31. The maximum atomic E-state index is 12.9. The molecular weight excluding hydrogens is 519 g/mol. The SMILES string of the molecule is Cc1c(C(=O)Nc2cc(Cl)cc(Cl)c2)oc2c1/C(=N/NC(=O)c1ccc(Cl)c([N+](=O)[O-])c1)CCC2. The quantitative estimate of drug-likeness (QED) is 0.298. The molecule has 2 amide bonds. The number of nitro benzene ring substituents is 1. The molecule has 0 bridgehead atoms. The molecule has 0 saturated heterocycles. The topological polar surface area (TPSA) is 127 Å². The summed E-state index contributed by atoms with van der Waals surface area (Å²) in [4.78, 5) is 35.8. The Morgan fingerprint density at radius 2 is 1.77 bits per heavy atom. The van der Waals surface area contributed by atoms with Gasteiger partial charge in [-0.2, -0.15) is 5.10 Å². The number of carbonyl (C=O) groups excluding carboxylic acids is 2. The molecule has 0 radical (unpaired) electrons. The minimum absolute atomic E-state index is 0.0330. The van der Waals surface area contributed by atoms with Crippen LogP contribution in [-0.2, 0) is 6.42 Å². The Kier molecular flexibility index (Phi) is 7.11. The first-order valence-electron chi connectivity index (χ1n) is 10.3. The van der Waals surface area contributed by atoms with E-state index in [1.807, 2.05) is 0 Å². The average Bonchev–Trinajstić information content (AvgIpc) is 3.14. The summed E-state index contributed by atoms with van der Waals surface area (Å²) in [7, 11) is 0. The number of hydrogen-bond donors (Lipinski definition) is 2. The number of amides is 2. The third kappa shape index (κ3) is 5.32. The van der Waals surface area contributed by atoms with E-state index in [-0.39, 0.29) is 22.0 Å². The number of carbonyl (C=O) groups is 2. The number of nitrogens with zero attached hydrogens (tertiary/aromatic N) is 2. The summed E-state index contributed by atoms with van der Waals surface area (Å²) in [6, 6.07) is 8.40. The van der Waals surface area contributed by atoms with Gasteiger partial charge in [-0.25, -0.2) is 5.43 Å². The van der Waals surface area contributed by atoms with Crippen LogP contribution in [0.1, 0.15) is 50.6 Å². The van der Waals surface area contributed by atoms with Gasteiger partial charge in [0.15, 0.2) is 5.76 Å². The molecule has 0 unspecified atom stereocenters. The summed E-state index contributed by atoms with van der Waals surface area (Å²) < 4.78 is 5.85. The van der Waals surface area contributed by atoms with Crippen LogP contribution < -0.4 is 10.7 Å². The lowest BCUT2D eigenvalue weighted by atomic mass is 9.93. The molecule has 0 aliphatic heterocycles. The van der Waals surface area contributed by atoms with Gasteiger partial charge in [0.25, 0.3) is 17.5 Å². The van der Waals surface area contributed by atoms with Gasteiger partial charge in [0, 0.05) is 44.9 Å². The molecule has 3 aromatic rings. The second-order valence-corrected chi connectivity index (χ2v) is 9.02. The lowest BCUT2D eigenvalue weighted by Gasteiger charge is -2.13. The van der Waals surface area contributed by atoms with E-state index in [1.54, 1.807) is 25.1 Å². The number of aryl methyl sites for hydroxylation is 1. The molecule has 0 saturated carbocycles. The van der Waals surface area contributed by atoms with Crippen LogP contribution >= 0.6 is 34.8 Å². The number of hydrazone groups is 1. The summed E-state index contributed by atoms with van der Waals surface area (Å²) in [6.45, 7) is 1.73. The lowest BCUT2D eigenvalue weighted by Crippen LogP contribution is -2.22. The first-order chi connectivity index (χ1) is 16.6. The van der Waals surface area contributed by atoms with E-state index < -0.39 is 16.7 Å². The minimum Gasteiger partial charge on any atom is -0.455 e. The van der Waals surface area contributed by atoms with Gasteiger partial charge >= 0.3 is 0 Å². The van der Waals surface area contributed by atoms with Crippen molar-refractivity contribution in [3.63, 3.8) is 0 Å². The number of rotatable bonds is 5. The van der Waals surface area contributed by atoms with E-state index in [0.717, 1.165) is 6.07 Å². The first-order valence-corrected chi connectivity index (χ1v) is 11.5. The third-order valence-corrected chi connectivity index (χ3v) is 6.11. The Morgan fingerprint density at radius 3 is 2.46 bits per heavy atom. The van der Waals surface area contributed by atoms with Crippen LogP contribution in [0.25, 0.3) is 0 Å². The number of hydrogen-bond acceptors (Lipinski definition) is 6. The molecule has 35 heavy (non-hydrogen) atoms. The van der Waals surface area contributed by atoms with E-state index in [0.29, 0.717) is 57.6 Å². The molecule has 2 N–H and O–H groups in total. The molecule has 1 heterocycles. The van der Waals surface area contributed by atoms with Crippen molar-refractivity contribution >= 4 is 63.7 Å². The number of benzene rings is 2. The maximum Gasteiger partial charge on any atom is 0.291 e. The van der Waals surface area contributed by atoms with Crippen LogP contribution in [0.15, 0.2) is 45.9 Å². The van der Waals surface area contributed by atoms with Gasteiger partial charge in [0.1, 0.15) is 10.8 Å². The van der Waals surface area contributed by atoms with E-state index in [2.05, 4.69) is 15.8 Å². The molecule has 4 rings (SSSR count). The molecule has 1 aromatic heterocycles. The third-order valence-electron chi connectivity index (χ3n) is 5.35. The summed E-state index contributed by atoms with van der Waals surface area (Å²) in [5.74, 6) is -0.424. The summed E-state index contributed by atoms with van der Waals surface area (Å²) >= 11 is 17.8. The van der Waals surface area contributed by atoms with E-state index >= 15 is 0 Å². The molecule has 1 aliphatic rings. The van der Waals surface area contributed by atoms with E-state index in [9.17, 15) is 19.7 Å². The van der Waals surface area contributed by atoms with Crippen molar-refractivity contribution in [1.82, 2.24) is 5.43 Å². The van der Waals surface area contributed by atoms with Crippen LogP contribution in [0.3, 0.4) is 0 Å². The fourth-order valence-corrected chi connectivity index (χ4v) is 4.50. The van der Waals surface area contributed by atoms with Gasteiger partial charge in [0.05, 0.1) is 10.6 Å². The molecule has 0 spiro atoms. The molecule has 1 aliphatic carbocycles. The van der Waals surface area contributed by atoms with Crippen molar-refractivity contribution in [3.8, 4) is 0 Å². The van der Waals surface area contributed by atoms with Crippen molar-refractivity contribution in [1.29, 1.82) is 0 Å². The zero-order valence-electron chi connectivity index (χ0n) is 18.2. The maximum absolute atomic E-state index is 12.9. The van der Waals surface area contributed by atoms with Crippen molar-refractivity contribution < 1.29 is 18.9 Å². The number of fused-ring (bicyclic) bond motifs is 1. The van der Waals surface area contributed by atoms with Crippen molar-refractivity contribution in [2.45, 2.75) is 26.2 Å². The van der Waals surface area contributed by atoms with Crippen molar-refractivity contribution in [2.75, 3.05) is 5.32 Å². The second kappa shape index (κ2) is 10.1. The fourth-order valence-electron chi connectivity index (χ4n) is 3.79. The Morgan fingerprint density at radius 1 is 1.06 bits per heavy atom. The number of anilines is 1. The molecule has 0 fully saturated rings. The van der Waals surface area contributed by atoms with Gasteiger partial charge in [-0.1, -0.05) is 34.8 Å². The summed E-state index contributed by atoms with van der Waals surface area (Å²) in [5, 5.41) is 18.7. The van der Waals surface area contributed by atoms with E-state index in [1.165, 1.54) is 12.1 Å². The molecule has 180 valence electrons. The Bertz CT molecular complexity index is 1380. The van der Waals surface area contributed by atoms with Gasteiger partial charge in [-0.05, 0) is 50.1 Å². The minimum atomic E-state index is -0.669. The Balaban J connectivity index is 1.57. The van der Waals surface area contributed by atoms with E-state index in [4.69, 9.17) is 39.2 Å². The molecule has 12 heteroatoms. The summed E-state index contributed by atoms with van der Waals surface area (Å²) in [5.41, 5.74) is 4.25. The van der Waals surface area contributed by atoms with Gasteiger partial charge in [0.2, 0.25) is 0 Å². The Hall–Kier alpha value is -3.40. The normalized spacial score (nSPS) is 13.9. The van der Waals surface area contributed by atoms with Crippen molar-refractivity contribution in [3.05, 3.63) is 89.8 Å². The number of halogens is 3.